The van der Waals surface area contributed by atoms with Crippen molar-refractivity contribution in [2.45, 2.75) is 25.3 Å². The van der Waals surface area contributed by atoms with E-state index in [1.54, 1.807) is 0 Å². The molecule has 0 radical (unpaired) electrons. The van der Waals surface area contributed by atoms with Gasteiger partial charge in [-0.25, -0.2) is 0 Å². The minimum atomic E-state index is 0.964. The summed E-state index contributed by atoms with van der Waals surface area (Å²) in [7, 11) is 0. The van der Waals surface area contributed by atoms with E-state index in [1.807, 2.05) is 11.8 Å². The van der Waals surface area contributed by atoms with Gasteiger partial charge in [-0.3, -0.25) is 0 Å². The minimum absolute atomic E-state index is 0.964. The van der Waals surface area contributed by atoms with Gasteiger partial charge in [0.15, 0.2) is 0 Å². The number of halogens is 1. The quantitative estimate of drug-likeness (QED) is 0.822. The third kappa shape index (κ3) is 3.64. The van der Waals surface area contributed by atoms with Gasteiger partial charge in [-0.1, -0.05) is 35.8 Å². The van der Waals surface area contributed by atoms with Crippen LogP contribution in [0.15, 0.2) is 27.6 Å². The maximum atomic E-state index is 3.50. The molecule has 0 saturated heterocycles. The van der Waals surface area contributed by atoms with Gasteiger partial charge < -0.3 is 5.32 Å². The van der Waals surface area contributed by atoms with Crippen LogP contribution in [-0.4, -0.2) is 12.3 Å². The van der Waals surface area contributed by atoms with Gasteiger partial charge in [0.25, 0.3) is 0 Å². The van der Waals surface area contributed by atoms with Gasteiger partial charge in [0.05, 0.1) is 0 Å². The van der Waals surface area contributed by atoms with Crippen molar-refractivity contribution >= 4 is 27.7 Å². The van der Waals surface area contributed by atoms with Crippen molar-refractivity contribution < 1.29 is 0 Å². The molecule has 3 heteroatoms. The molecule has 0 amide bonds. The van der Waals surface area contributed by atoms with Crippen LogP contribution in [0, 0.1) is 0 Å². The van der Waals surface area contributed by atoms with Crippen molar-refractivity contribution in [2.75, 3.05) is 12.3 Å². The van der Waals surface area contributed by atoms with Crippen LogP contribution in [0.3, 0.4) is 0 Å². The van der Waals surface area contributed by atoms with Crippen LogP contribution < -0.4 is 5.32 Å². The highest BCUT2D eigenvalue weighted by atomic mass is 79.9. The maximum Gasteiger partial charge on any atom is 0.0216 e. The Kier molecular flexibility index (Phi) is 5.60. The molecule has 0 saturated carbocycles. The molecular formula is C11H16BrNS. The van der Waals surface area contributed by atoms with E-state index < -0.39 is 0 Å². The lowest BCUT2D eigenvalue weighted by Gasteiger charge is -2.09. The van der Waals surface area contributed by atoms with Crippen molar-refractivity contribution in [1.82, 2.24) is 5.32 Å². The second-order valence-corrected chi connectivity index (χ2v) is 5.19. The molecule has 78 valence electrons. The first-order valence-corrected chi connectivity index (χ1v) is 6.67. The molecule has 0 aliphatic heterocycles. The third-order valence-electron chi connectivity index (χ3n) is 1.89. The fourth-order valence-electron chi connectivity index (χ4n) is 1.22. The van der Waals surface area contributed by atoms with Crippen LogP contribution in [0.25, 0.3) is 0 Å². The molecule has 0 aliphatic carbocycles. The Morgan fingerprint density at radius 1 is 1.36 bits per heavy atom. The van der Waals surface area contributed by atoms with E-state index in [1.165, 1.54) is 10.5 Å². The van der Waals surface area contributed by atoms with Gasteiger partial charge in [-0.2, -0.15) is 0 Å². The molecular weight excluding hydrogens is 258 g/mol. The highest BCUT2D eigenvalue weighted by Crippen LogP contribution is 2.26. The molecule has 0 unspecified atom stereocenters. The summed E-state index contributed by atoms with van der Waals surface area (Å²) in [4.78, 5) is 1.38. The Hall–Kier alpha value is 0.01000. The predicted octanol–water partition coefficient (Wildman–Crippen LogP) is 3.67. The van der Waals surface area contributed by atoms with Crippen LogP contribution >= 0.6 is 27.7 Å². The van der Waals surface area contributed by atoms with E-state index in [2.05, 4.69) is 53.3 Å². The normalized spacial score (nSPS) is 10.5. The van der Waals surface area contributed by atoms with Gasteiger partial charge >= 0.3 is 0 Å². The molecule has 1 N–H and O–H groups in total. The molecule has 0 fully saturated rings. The predicted molar refractivity (Wildman–Crippen MR) is 67.9 cm³/mol. The van der Waals surface area contributed by atoms with Gasteiger partial charge in [0.2, 0.25) is 0 Å². The van der Waals surface area contributed by atoms with Crippen LogP contribution in [0.4, 0.5) is 0 Å². The molecule has 1 nitrogen and oxygen atoms in total. The Morgan fingerprint density at radius 3 is 2.79 bits per heavy atom. The van der Waals surface area contributed by atoms with E-state index in [4.69, 9.17) is 0 Å². The Morgan fingerprint density at radius 2 is 2.14 bits per heavy atom. The highest BCUT2D eigenvalue weighted by Gasteiger charge is 2.02. The Balaban J connectivity index is 2.78. The second-order valence-electron chi connectivity index (χ2n) is 2.97. The van der Waals surface area contributed by atoms with Crippen molar-refractivity contribution in [3.8, 4) is 0 Å². The zero-order chi connectivity index (χ0) is 10.4. The summed E-state index contributed by atoms with van der Waals surface area (Å²) in [5, 5.41) is 3.35. The van der Waals surface area contributed by atoms with E-state index in [9.17, 15) is 0 Å². The Labute approximate surface area is 98.8 Å². The van der Waals surface area contributed by atoms with E-state index in [0.717, 1.165) is 23.3 Å². The first-order chi connectivity index (χ1) is 6.77. The summed E-state index contributed by atoms with van der Waals surface area (Å²) in [6.07, 6.45) is 0. The molecule has 0 bridgehead atoms. The zero-order valence-electron chi connectivity index (χ0n) is 8.64. The second kappa shape index (κ2) is 6.49. The van der Waals surface area contributed by atoms with E-state index in [-0.39, 0.29) is 0 Å². The molecule has 1 rings (SSSR count). The summed E-state index contributed by atoms with van der Waals surface area (Å²) < 4.78 is 1.16. The molecule has 1 aromatic carbocycles. The third-order valence-corrected chi connectivity index (χ3v) is 3.37. The van der Waals surface area contributed by atoms with E-state index in [0.29, 0.717) is 0 Å². The molecule has 0 spiro atoms. The van der Waals surface area contributed by atoms with Crippen molar-refractivity contribution in [3.63, 3.8) is 0 Å². The fraction of sp³-hybridized carbons (Fsp3) is 0.455. The fourth-order valence-corrected chi connectivity index (χ4v) is 2.58. The summed E-state index contributed by atoms with van der Waals surface area (Å²) in [5.41, 5.74) is 1.39. The van der Waals surface area contributed by atoms with E-state index >= 15 is 0 Å². The van der Waals surface area contributed by atoms with Crippen molar-refractivity contribution in [2.24, 2.45) is 0 Å². The lowest BCUT2D eigenvalue weighted by molar-refractivity contribution is 0.718. The standard InChI is InChI=1S/C11H16BrNS/c1-3-13-8-9-5-6-10(12)7-11(9)14-4-2/h5-7,13H,3-4,8H2,1-2H3. The summed E-state index contributed by atoms with van der Waals surface area (Å²) in [5.74, 6) is 1.12. The molecule has 0 heterocycles. The lowest BCUT2D eigenvalue weighted by Crippen LogP contribution is -2.12. The summed E-state index contributed by atoms with van der Waals surface area (Å²) in [6.45, 7) is 6.30. The SMILES string of the molecule is CCNCc1ccc(Br)cc1SCC. The van der Waals surface area contributed by atoms with Crippen LogP contribution in [0.1, 0.15) is 19.4 Å². The average Bonchev–Trinajstić information content (AvgIpc) is 2.17. The molecule has 0 aromatic heterocycles. The monoisotopic (exact) mass is 273 g/mol. The molecule has 0 atom stereocenters. The minimum Gasteiger partial charge on any atom is -0.313 e. The smallest absolute Gasteiger partial charge is 0.0216 e. The van der Waals surface area contributed by atoms with Crippen LogP contribution in [0.2, 0.25) is 0 Å². The largest absolute Gasteiger partial charge is 0.313 e. The number of nitrogens with one attached hydrogen (secondary N) is 1. The van der Waals surface area contributed by atoms with Crippen LogP contribution in [0.5, 0.6) is 0 Å². The van der Waals surface area contributed by atoms with Gasteiger partial charge in [0.1, 0.15) is 0 Å². The topological polar surface area (TPSA) is 12.0 Å². The molecule has 14 heavy (non-hydrogen) atoms. The number of rotatable bonds is 5. The lowest BCUT2D eigenvalue weighted by atomic mass is 10.2. The number of benzene rings is 1. The summed E-state index contributed by atoms with van der Waals surface area (Å²) >= 11 is 5.40. The number of hydrogen-bond donors (Lipinski definition) is 1. The average molecular weight is 274 g/mol. The van der Waals surface area contributed by atoms with Crippen molar-refractivity contribution in [1.29, 1.82) is 0 Å². The number of thioether (sulfide) groups is 1. The summed E-state index contributed by atoms with van der Waals surface area (Å²) in [6, 6.07) is 6.48. The number of hydrogen-bond acceptors (Lipinski definition) is 2. The molecule has 1 aromatic rings. The van der Waals surface area contributed by atoms with Gasteiger partial charge in [-0.15, -0.1) is 11.8 Å². The Bertz CT molecular complexity index is 289. The van der Waals surface area contributed by atoms with Crippen LogP contribution in [-0.2, 0) is 6.54 Å². The highest BCUT2D eigenvalue weighted by molar-refractivity contribution is 9.10. The first-order valence-electron chi connectivity index (χ1n) is 4.89. The van der Waals surface area contributed by atoms with Gasteiger partial charge in [-0.05, 0) is 30.0 Å². The van der Waals surface area contributed by atoms with Gasteiger partial charge in [0, 0.05) is 15.9 Å². The zero-order valence-corrected chi connectivity index (χ0v) is 11.0. The first kappa shape index (κ1) is 12.1. The maximum absolute atomic E-state index is 3.50. The van der Waals surface area contributed by atoms with Crippen molar-refractivity contribution in [3.05, 3.63) is 28.2 Å². The molecule has 0 aliphatic rings.